The normalized spacial score (nSPS) is 17.9. The van der Waals surface area contributed by atoms with E-state index in [4.69, 9.17) is 11.6 Å². The molecule has 1 aromatic carbocycles. The molecule has 1 aliphatic carbocycles. The maximum Gasteiger partial charge on any atom is 0.222 e. The molecule has 0 fully saturated rings. The molecule has 0 saturated heterocycles. The molecule has 1 aliphatic rings. The van der Waals surface area contributed by atoms with Crippen molar-refractivity contribution in [3.63, 3.8) is 0 Å². The lowest BCUT2D eigenvalue weighted by atomic mass is 10.1. The van der Waals surface area contributed by atoms with Gasteiger partial charge < -0.3 is 4.90 Å². The molecular formula is C14H18ClNO. The largest absolute Gasteiger partial charge is 0.339 e. The molecule has 2 nitrogen and oxygen atoms in total. The molecule has 3 heteroatoms. The number of hydrogen-bond donors (Lipinski definition) is 0. The van der Waals surface area contributed by atoms with Gasteiger partial charge in [-0.25, -0.2) is 0 Å². The molecule has 0 saturated carbocycles. The Morgan fingerprint density at radius 3 is 3.00 bits per heavy atom. The number of alkyl halides is 1. The maximum absolute atomic E-state index is 12.0. The Labute approximate surface area is 108 Å². The molecule has 17 heavy (non-hydrogen) atoms. The first-order valence-corrected chi connectivity index (χ1v) is 6.67. The van der Waals surface area contributed by atoms with Gasteiger partial charge in [0.2, 0.25) is 5.91 Å². The summed E-state index contributed by atoms with van der Waals surface area (Å²) in [4.78, 5) is 13.9. The number of amides is 1. The van der Waals surface area contributed by atoms with Crippen LogP contribution < -0.4 is 0 Å². The summed E-state index contributed by atoms with van der Waals surface area (Å²) in [5.41, 5.74) is 2.70. The fraction of sp³-hybridized carbons (Fsp3) is 0.500. The van der Waals surface area contributed by atoms with Gasteiger partial charge in [-0.2, -0.15) is 0 Å². The summed E-state index contributed by atoms with van der Waals surface area (Å²) in [7, 11) is 1.91. The molecule has 0 bridgehead atoms. The Morgan fingerprint density at radius 2 is 2.24 bits per heavy atom. The molecule has 0 aromatic heterocycles. The van der Waals surface area contributed by atoms with Crippen molar-refractivity contribution in [2.75, 3.05) is 12.9 Å². The second-order valence-electron chi connectivity index (χ2n) is 4.55. The van der Waals surface area contributed by atoms with Gasteiger partial charge in [-0.1, -0.05) is 24.3 Å². The molecule has 92 valence electrons. The zero-order chi connectivity index (χ0) is 12.3. The van der Waals surface area contributed by atoms with Crippen molar-refractivity contribution in [3.05, 3.63) is 35.4 Å². The monoisotopic (exact) mass is 251 g/mol. The van der Waals surface area contributed by atoms with Crippen LogP contribution in [-0.2, 0) is 11.2 Å². The van der Waals surface area contributed by atoms with Gasteiger partial charge in [-0.15, -0.1) is 11.6 Å². The number of rotatable bonds is 4. The molecule has 1 aromatic rings. The van der Waals surface area contributed by atoms with Crippen molar-refractivity contribution in [3.8, 4) is 0 Å². The van der Waals surface area contributed by atoms with Crippen LogP contribution in [-0.4, -0.2) is 23.7 Å². The van der Waals surface area contributed by atoms with Crippen LogP contribution in [0.3, 0.4) is 0 Å². The standard InChI is InChI=1S/C14H18ClNO/c1-16(14(17)7-4-10-15)13-9-8-11-5-2-3-6-12(11)13/h2-3,5-6,13H,4,7-10H2,1H3. The van der Waals surface area contributed by atoms with Gasteiger partial charge in [0.25, 0.3) is 0 Å². The van der Waals surface area contributed by atoms with Crippen LogP contribution >= 0.6 is 11.6 Å². The zero-order valence-corrected chi connectivity index (χ0v) is 10.9. The third-order valence-corrected chi connectivity index (χ3v) is 3.75. The molecule has 2 rings (SSSR count). The van der Waals surface area contributed by atoms with Crippen molar-refractivity contribution in [1.82, 2.24) is 4.90 Å². The van der Waals surface area contributed by atoms with Crippen LogP contribution in [0.25, 0.3) is 0 Å². The van der Waals surface area contributed by atoms with Crippen molar-refractivity contribution >= 4 is 17.5 Å². The summed E-state index contributed by atoms with van der Waals surface area (Å²) < 4.78 is 0. The summed E-state index contributed by atoms with van der Waals surface area (Å²) in [6.07, 6.45) is 3.44. The van der Waals surface area contributed by atoms with E-state index in [1.807, 2.05) is 18.0 Å². The van der Waals surface area contributed by atoms with E-state index in [2.05, 4.69) is 18.2 Å². The quantitative estimate of drug-likeness (QED) is 0.753. The predicted octanol–water partition coefficient (Wildman–Crippen LogP) is 3.15. The van der Waals surface area contributed by atoms with E-state index < -0.39 is 0 Å². The number of nitrogens with zero attached hydrogens (tertiary/aromatic N) is 1. The summed E-state index contributed by atoms with van der Waals surface area (Å²) >= 11 is 5.62. The molecule has 0 N–H and O–H groups in total. The lowest BCUT2D eigenvalue weighted by Crippen LogP contribution is -2.29. The lowest BCUT2D eigenvalue weighted by molar-refractivity contribution is -0.132. The van der Waals surface area contributed by atoms with Gasteiger partial charge in [0.15, 0.2) is 0 Å². The summed E-state index contributed by atoms with van der Waals surface area (Å²) in [5, 5.41) is 0. The molecule has 1 atom stereocenters. The highest BCUT2D eigenvalue weighted by Crippen LogP contribution is 2.35. The number of halogens is 1. The van der Waals surface area contributed by atoms with E-state index in [9.17, 15) is 4.79 Å². The number of carbonyl (C=O) groups excluding carboxylic acids is 1. The topological polar surface area (TPSA) is 20.3 Å². The van der Waals surface area contributed by atoms with Crippen LogP contribution in [0.15, 0.2) is 24.3 Å². The zero-order valence-electron chi connectivity index (χ0n) is 10.2. The highest BCUT2D eigenvalue weighted by atomic mass is 35.5. The fourth-order valence-corrected chi connectivity index (χ4v) is 2.64. The van der Waals surface area contributed by atoms with E-state index in [1.165, 1.54) is 11.1 Å². The smallest absolute Gasteiger partial charge is 0.222 e. The Kier molecular flexibility index (Phi) is 4.06. The number of fused-ring (bicyclic) bond motifs is 1. The molecule has 1 amide bonds. The van der Waals surface area contributed by atoms with E-state index in [0.29, 0.717) is 12.3 Å². The van der Waals surface area contributed by atoms with Gasteiger partial charge in [-0.05, 0) is 30.4 Å². The van der Waals surface area contributed by atoms with E-state index in [-0.39, 0.29) is 11.9 Å². The van der Waals surface area contributed by atoms with Crippen LogP contribution in [0, 0.1) is 0 Å². The fourth-order valence-electron chi connectivity index (χ4n) is 2.51. The van der Waals surface area contributed by atoms with E-state index >= 15 is 0 Å². The van der Waals surface area contributed by atoms with Crippen molar-refractivity contribution in [1.29, 1.82) is 0 Å². The first kappa shape index (κ1) is 12.4. The third kappa shape index (κ3) is 2.63. The second kappa shape index (κ2) is 5.54. The minimum absolute atomic E-state index is 0.201. The van der Waals surface area contributed by atoms with Crippen LogP contribution in [0.4, 0.5) is 0 Å². The number of hydrogen-bond acceptors (Lipinski definition) is 1. The minimum Gasteiger partial charge on any atom is -0.339 e. The van der Waals surface area contributed by atoms with Crippen molar-refractivity contribution in [2.24, 2.45) is 0 Å². The van der Waals surface area contributed by atoms with Gasteiger partial charge >= 0.3 is 0 Å². The molecule has 0 heterocycles. The molecule has 0 radical (unpaired) electrons. The molecule has 0 spiro atoms. The first-order chi connectivity index (χ1) is 8.24. The predicted molar refractivity (Wildman–Crippen MR) is 70.2 cm³/mol. The van der Waals surface area contributed by atoms with Crippen LogP contribution in [0.2, 0.25) is 0 Å². The maximum atomic E-state index is 12.0. The third-order valence-electron chi connectivity index (χ3n) is 3.49. The average Bonchev–Trinajstić information content (AvgIpc) is 2.78. The number of aryl methyl sites for hydroxylation is 1. The summed E-state index contributed by atoms with van der Waals surface area (Å²) in [6.45, 7) is 0. The average molecular weight is 252 g/mol. The highest BCUT2D eigenvalue weighted by Gasteiger charge is 2.27. The second-order valence-corrected chi connectivity index (χ2v) is 4.93. The molecule has 0 aliphatic heterocycles. The van der Waals surface area contributed by atoms with E-state index in [1.54, 1.807) is 0 Å². The van der Waals surface area contributed by atoms with Gasteiger partial charge in [0, 0.05) is 19.3 Å². The summed E-state index contributed by atoms with van der Waals surface area (Å²) in [5.74, 6) is 0.758. The van der Waals surface area contributed by atoms with Gasteiger partial charge in [0.1, 0.15) is 0 Å². The first-order valence-electron chi connectivity index (χ1n) is 6.13. The highest BCUT2D eigenvalue weighted by molar-refractivity contribution is 6.17. The minimum atomic E-state index is 0.201. The number of carbonyl (C=O) groups is 1. The Hall–Kier alpha value is -1.02. The number of benzene rings is 1. The van der Waals surface area contributed by atoms with Crippen molar-refractivity contribution < 1.29 is 4.79 Å². The lowest BCUT2D eigenvalue weighted by Gasteiger charge is -2.25. The SMILES string of the molecule is CN(C(=O)CCCCl)C1CCc2ccccc21. The van der Waals surface area contributed by atoms with Gasteiger partial charge in [0.05, 0.1) is 6.04 Å². The van der Waals surface area contributed by atoms with Crippen molar-refractivity contribution in [2.45, 2.75) is 31.7 Å². The van der Waals surface area contributed by atoms with Crippen LogP contribution in [0.1, 0.15) is 36.4 Å². The Morgan fingerprint density at radius 1 is 1.47 bits per heavy atom. The Balaban J connectivity index is 2.07. The molecular weight excluding hydrogens is 234 g/mol. The Bertz CT molecular complexity index is 405. The van der Waals surface area contributed by atoms with Crippen LogP contribution in [0.5, 0.6) is 0 Å². The van der Waals surface area contributed by atoms with E-state index in [0.717, 1.165) is 19.3 Å². The summed E-state index contributed by atoms with van der Waals surface area (Å²) in [6, 6.07) is 8.67. The molecule has 1 unspecified atom stereocenters. The van der Waals surface area contributed by atoms with Gasteiger partial charge in [-0.3, -0.25) is 4.79 Å².